The molecule has 1 fully saturated rings. The van der Waals surface area contributed by atoms with Crippen LogP contribution in [0.5, 0.6) is 5.75 Å². The van der Waals surface area contributed by atoms with Gasteiger partial charge in [0, 0.05) is 18.5 Å². The Morgan fingerprint density at radius 1 is 1.25 bits per heavy atom. The molecule has 0 spiro atoms. The van der Waals surface area contributed by atoms with Crippen molar-refractivity contribution in [2.45, 2.75) is 38.8 Å². The zero-order valence-electron chi connectivity index (χ0n) is 13.9. The highest BCUT2D eigenvalue weighted by Gasteiger charge is 2.35. The van der Waals surface area contributed by atoms with Crippen LogP contribution < -0.4 is 4.74 Å². The molecular formula is C17H22F3N3O. The van der Waals surface area contributed by atoms with Crippen LogP contribution in [-0.2, 0) is 6.18 Å². The average Bonchev–Trinajstić information content (AvgIpc) is 3.14. The zero-order chi connectivity index (χ0) is 17.3. The van der Waals surface area contributed by atoms with Crippen LogP contribution in [0.25, 0.3) is 11.0 Å². The van der Waals surface area contributed by atoms with Crippen molar-refractivity contribution in [1.82, 2.24) is 14.9 Å². The van der Waals surface area contributed by atoms with Crippen LogP contribution in [0.15, 0.2) is 12.1 Å². The molecule has 1 aromatic carbocycles. The van der Waals surface area contributed by atoms with Gasteiger partial charge < -0.3 is 9.72 Å². The first kappa shape index (κ1) is 17.1. The lowest BCUT2D eigenvalue weighted by molar-refractivity contribution is -0.136. The number of hydrogen-bond donors (Lipinski definition) is 1. The molecule has 1 aliphatic heterocycles. The van der Waals surface area contributed by atoms with Gasteiger partial charge in [-0.1, -0.05) is 13.8 Å². The minimum absolute atomic E-state index is 0.0259. The maximum Gasteiger partial charge on any atom is 0.418 e. The van der Waals surface area contributed by atoms with Crippen molar-refractivity contribution in [2.75, 3.05) is 26.2 Å². The standard InChI is InChI=1S/C17H22F3N3O/c1-11(2)16-21-14-10-12(24-8-7-23-5-3-4-6-23)9-13(15(14)22-16)17(18,19)20/h9-11H,3-8H2,1-2H3,(H,21,22). The van der Waals surface area contributed by atoms with Gasteiger partial charge in [-0.2, -0.15) is 13.2 Å². The number of alkyl halides is 3. The van der Waals surface area contributed by atoms with Gasteiger partial charge in [0.05, 0.1) is 11.1 Å². The Morgan fingerprint density at radius 2 is 1.96 bits per heavy atom. The quantitative estimate of drug-likeness (QED) is 0.887. The normalized spacial score (nSPS) is 16.4. The second-order valence-electron chi connectivity index (χ2n) is 6.54. The Labute approximate surface area is 139 Å². The predicted octanol–water partition coefficient (Wildman–Crippen LogP) is 4.18. The minimum Gasteiger partial charge on any atom is -0.492 e. The van der Waals surface area contributed by atoms with Gasteiger partial charge in [0.25, 0.3) is 0 Å². The fourth-order valence-corrected chi connectivity index (χ4v) is 2.98. The fourth-order valence-electron chi connectivity index (χ4n) is 2.98. The maximum atomic E-state index is 13.4. The molecular weight excluding hydrogens is 319 g/mol. The van der Waals surface area contributed by atoms with Crippen LogP contribution in [0.1, 0.15) is 44.0 Å². The molecule has 132 valence electrons. The lowest BCUT2D eigenvalue weighted by Crippen LogP contribution is -2.25. The molecule has 0 atom stereocenters. The molecule has 2 heterocycles. The highest BCUT2D eigenvalue weighted by Crippen LogP contribution is 2.37. The van der Waals surface area contributed by atoms with E-state index in [4.69, 9.17) is 4.74 Å². The van der Waals surface area contributed by atoms with Gasteiger partial charge in [-0.15, -0.1) is 0 Å². The first-order valence-electron chi connectivity index (χ1n) is 8.30. The number of aromatic nitrogens is 2. The molecule has 4 nitrogen and oxygen atoms in total. The van der Waals surface area contributed by atoms with E-state index in [-0.39, 0.29) is 17.2 Å². The van der Waals surface area contributed by atoms with E-state index in [2.05, 4.69) is 14.9 Å². The van der Waals surface area contributed by atoms with Crippen molar-refractivity contribution < 1.29 is 17.9 Å². The third kappa shape index (κ3) is 3.66. The number of fused-ring (bicyclic) bond motifs is 1. The second-order valence-corrected chi connectivity index (χ2v) is 6.54. The SMILES string of the molecule is CC(C)c1nc2c(C(F)(F)F)cc(OCCN3CCCC3)cc2[nH]1. The first-order chi connectivity index (χ1) is 11.3. The van der Waals surface area contributed by atoms with E-state index in [9.17, 15) is 13.2 Å². The summed E-state index contributed by atoms with van der Waals surface area (Å²) in [6.45, 7) is 6.97. The molecule has 1 aromatic heterocycles. The van der Waals surface area contributed by atoms with Crippen molar-refractivity contribution in [1.29, 1.82) is 0 Å². The molecule has 7 heteroatoms. The van der Waals surface area contributed by atoms with Gasteiger partial charge >= 0.3 is 6.18 Å². The molecule has 1 N–H and O–H groups in total. The maximum absolute atomic E-state index is 13.4. The number of imidazole rings is 1. The number of ether oxygens (including phenoxy) is 1. The van der Waals surface area contributed by atoms with Crippen LogP contribution in [0.2, 0.25) is 0 Å². The molecule has 0 radical (unpaired) electrons. The number of aromatic amines is 1. The summed E-state index contributed by atoms with van der Waals surface area (Å²) in [5.41, 5.74) is -0.429. The van der Waals surface area contributed by atoms with E-state index in [1.54, 1.807) is 6.07 Å². The van der Waals surface area contributed by atoms with E-state index < -0.39 is 11.7 Å². The first-order valence-corrected chi connectivity index (χ1v) is 8.30. The molecule has 2 aromatic rings. The Hall–Kier alpha value is -1.76. The van der Waals surface area contributed by atoms with E-state index in [1.807, 2.05) is 13.8 Å². The Morgan fingerprint density at radius 3 is 2.58 bits per heavy atom. The van der Waals surface area contributed by atoms with Gasteiger partial charge in [0.2, 0.25) is 0 Å². The second kappa shape index (κ2) is 6.63. The average molecular weight is 341 g/mol. The summed E-state index contributed by atoms with van der Waals surface area (Å²) in [6, 6.07) is 2.66. The number of halogens is 3. The highest BCUT2D eigenvalue weighted by atomic mass is 19.4. The molecule has 0 amide bonds. The van der Waals surface area contributed by atoms with Gasteiger partial charge in [0.15, 0.2) is 0 Å². The largest absolute Gasteiger partial charge is 0.492 e. The van der Waals surface area contributed by atoms with Gasteiger partial charge in [-0.3, -0.25) is 4.90 Å². The zero-order valence-corrected chi connectivity index (χ0v) is 13.9. The molecule has 1 saturated heterocycles. The summed E-state index contributed by atoms with van der Waals surface area (Å²) in [6.07, 6.45) is -2.11. The van der Waals surface area contributed by atoms with Crippen LogP contribution in [-0.4, -0.2) is 41.1 Å². The topological polar surface area (TPSA) is 41.1 Å². The Kier molecular flexibility index (Phi) is 4.71. The van der Waals surface area contributed by atoms with Crippen LogP contribution in [0.4, 0.5) is 13.2 Å². The number of likely N-dealkylation sites (tertiary alicyclic amines) is 1. The molecule has 0 unspecified atom stereocenters. The summed E-state index contributed by atoms with van der Waals surface area (Å²) in [4.78, 5) is 9.36. The molecule has 24 heavy (non-hydrogen) atoms. The van der Waals surface area contributed by atoms with Gasteiger partial charge in [-0.25, -0.2) is 4.98 Å². The number of H-pyrrole nitrogens is 1. The predicted molar refractivity (Wildman–Crippen MR) is 86.4 cm³/mol. The van der Waals surface area contributed by atoms with Crippen molar-refractivity contribution >= 4 is 11.0 Å². The number of nitrogens with zero attached hydrogens (tertiary/aromatic N) is 2. The lowest BCUT2D eigenvalue weighted by atomic mass is 10.1. The summed E-state index contributed by atoms with van der Waals surface area (Å²) in [5.74, 6) is 0.802. The van der Waals surface area contributed by atoms with Crippen LogP contribution in [0, 0.1) is 0 Å². The molecule has 0 saturated carbocycles. The van der Waals surface area contributed by atoms with Crippen molar-refractivity contribution in [3.8, 4) is 5.75 Å². The Bertz CT molecular complexity index is 703. The molecule has 0 aliphatic carbocycles. The van der Waals surface area contributed by atoms with Gasteiger partial charge in [0.1, 0.15) is 23.7 Å². The highest BCUT2D eigenvalue weighted by molar-refractivity contribution is 5.81. The van der Waals surface area contributed by atoms with Crippen LogP contribution >= 0.6 is 0 Å². The third-order valence-corrected chi connectivity index (χ3v) is 4.31. The molecule has 3 rings (SSSR count). The monoisotopic (exact) mass is 341 g/mol. The smallest absolute Gasteiger partial charge is 0.418 e. The summed E-state index contributed by atoms with van der Waals surface area (Å²) in [5, 5.41) is 0. The number of benzene rings is 1. The van der Waals surface area contributed by atoms with Crippen molar-refractivity contribution in [3.05, 3.63) is 23.5 Å². The summed E-state index contributed by atoms with van der Waals surface area (Å²) in [7, 11) is 0. The van der Waals surface area contributed by atoms with Crippen molar-refractivity contribution in [3.63, 3.8) is 0 Å². The van der Waals surface area contributed by atoms with E-state index in [0.29, 0.717) is 17.9 Å². The number of hydrogen-bond acceptors (Lipinski definition) is 3. The number of nitrogens with one attached hydrogen (secondary N) is 1. The summed E-state index contributed by atoms with van der Waals surface area (Å²) >= 11 is 0. The van der Waals surface area contributed by atoms with E-state index in [1.165, 1.54) is 12.8 Å². The lowest BCUT2D eigenvalue weighted by Gasteiger charge is -2.16. The fraction of sp³-hybridized carbons (Fsp3) is 0.588. The summed E-state index contributed by atoms with van der Waals surface area (Å²) < 4.78 is 45.7. The molecule has 0 bridgehead atoms. The van der Waals surface area contributed by atoms with E-state index >= 15 is 0 Å². The third-order valence-electron chi connectivity index (χ3n) is 4.31. The minimum atomic E-state index is -4.46. The van der Waals surface area contributed by atoms with E-state index in [0.717, 1.165) is 25.7 Å². The Balaban J connectivity index is 1.84. The molecule has 1 aliphatic rings. The number of rotatable bonds is 5. The van der Waals surface area contributed by atoms with Gasteiger partial charge in [-0.05, 0) is 32.0 Å². The van der Waals surface area contributed by atoms with Crippen molar-refractivity contribution in [2.24, 2.45) is 0 Å². The van der Waals surface area contributed by atoms with Crippen LogP contribution in [0.3, 0.4) is 0 Å².